The van der Waals surface area contributed by atoms with E-state index in [1.165, 1.54) is 0 Å². The van der Waals surface area contributed by atoms with Gasteiger partial charge in [0.2, 0.25) is 0 Å². The van der Waals surface area contributed by atoms with Gasteiger partial charge in [-0.3, -0.25) is 0 Å². The lowest BCUT2D eigenvalue weighted by Gasteiger charge is -1.71. The molecule has 0 rings (SSSR count). The third kappa shape index (κ3) is 5.28. The number of halogens is 1. The molecule has 0 heterocycles. The molecule has 0 amide bonds. The number of carboxylic acids is 1. The van der Waals surface area contributed by atoms with Crippen LogP contribution in [0.1, 0.15) is 6.92 Å². The number of hydrogen-bond donors (Lipinski definition) is 1. The van der Waals surface area contributed by atoms with Crippen molar-refractivity contribution in [3.8, 4) is 0 Å². The minimum Gasteiger partial charge on any atom is -0.478 e. The van der Waals surface area contributed by atoms with E-state index in [-0.39, 0.29) is 0 Å². The number of hydrogen-bond acceptors (Lipinski definition) is 1. The molecule has 0 aromatic rings. The van der Waals surface area contributed by atoms with Crippen LogP contribution in [0.4, 0.5) is 0 Å². The lowest BCUT2D eigenvalue weighted by atomic mass is 10.5. The summed E-state index contributed by atoms with van der Waals surface area (Å²) in [5, 5.41) is 8.31. The van der Waals surface area contributed by atoms with Gasteiger partial charge in [-0.1, -0.05) is 17.3 Å². The van der Waals surface area contributed by atoms with Crippen LogP contribution in [-0.4, -0.2) is 11.1 Å². The van der Waals surface area contributed by atoms with E-state index >= 15 is 0 Å². The van der Waals surface area contributed by atoms with Gasteiger partial charge in [-0.25, -0.2) is 4.79 Å². The predicted molar refractivity (Wildman–Crippen MR) is 30.8 cm³/mol. The largest absolute Gasteiger partial charge is 0.478 e. The molecular weight excluding hydrogens is 128 g/mol. The second kappa shape index (κ2) is 3.30. The van der Waals surface area contributed by atoms with Crippen molar-refractivity contribution in [3.05, 3.63) is 16.8 Å². The first-order valence-electron chi connectivity index (χ1n) is 1.94. The maximum absolute atomic E-state index is 9.71. The van der Waals surface area contributed by atoms with Crippen molar-refractivity contribution >= 4 is 17.6 Å². The lowest BCUT2D eigenvalue weighted by Crippen LogP contribution is -1.83. The molecule has 0 unspecified atom stereocenters. The van der Waals surface area contributed by atoms with Crippen LogP contribution in [0.3, 0.4) is 0 Å². The van der Waals surface area contributed by atoms with Crippen molar-refractivity contribution in [3.63, 3.8) is 0 Å². The van der Waals surface area contributed by atoms with Crippen LogP contribution in [0.15, 0.2) is 16.8 Å². The quantitative estimate of drug-likeness (QED) is 0.432. The first kappa shape index (κ1) is 7.28. The Bertz CT molecular complexity index is 150. The molecule has 0 fully saturated rings. The van der Waals surface area contributed by atoms with Crippen molar-refractivity contribution in [2.24, 2.45) is 0 Å². The monoisotopic (exact) mass is 132 g/mol. The maximum Gasteiger partial charge on any atom is 0.336 e. The Labute approximate surface area is 52.1 Å². The molecule has 1 N–H and O–H groups in total. The summed E-state index contributed by atoms with van der Waals surface area (Å²) < 4.78 is 0. The van der Waals surface area contributed by atoms with Crippen LogP contribution in [0, 0.1) is 0 Å². The average molecular weight is 133 g/mol. The number of carbonyl (C=O) groups is 1. The van der Waals surface area contributed by atoms with Crippen LogP contribution >= 0.6 is 11.6 Å². The third-order valence-corrected chi connectivity index (χ3v) is 0.504. The summed E-state index contributed by atoms with van der Waals surface area (Å²) in [4.78, 5) is 9.71. The van der Waals surface area contributed by atoms with Gasteiger partial charge in [0.05, 0.1) is 11.1 Å². The summed E-state index contributed by atoms with van der Waals surface area (Å²) >= 11 is 5.23. The molecule has 0 aromatic carbocycles. The summed E-state index contributed by atoms with van der Waals surface area (Å²) in [6, 6.07) is 0. The van der Waals surface area contributed by atoms with E-state index in [4.69, 9.17) is 16.7 Å². The zero-order valence-corrected chi connectivity index (χ0v) is 5.07. The first-order chi connectivity index (χ1) is 3.63. The van der Waals surface area contributed by atoms with Gasteiger partial charge in [-0.15, -0.1) is 0 Å². The Morgan fingerprint density at radius 2 is 2.38 bits per heavy atom. The highest BCUT2D eigenvalue weighted by Gasteiger charge is 1.80. The van der Waals surface area contributed by atoms with E-state index in [1.807, 2.05) is 0 Å². The van der Waals surface area contributed by atoms with E-state index in [0.717, 1.165) is 6.08 Å². The second-order valence-corrected chi connectivity index (χ2v) is 1.73. The molecule has 0 radical (unpaired) electrons. The van der Waals surface area contributed by atoms with Crippen molar-refractivity contribution in [2.45, 2.75) is 6.92 Å². The van der Waals surface area contributed by atoms with E-state index in [0.29, 0.717) is 5.03 Å². The Kier molecular flexibility index (Phi) is 3.01. The topological polar surface area (TPSA) is 37.3 Å². The van der Waals surface area contributed by atoms with Gasteiger partial charge in [-0.05, 0) is 6.92 Å². The summed E-state index contributed by atoms with van der Waals surface area (Å²) in [6.07, 6.45) is 0.863. The minimum absolute atomic E-state index is 0.340. The Hall–Kier alpha value is -0.720. The van der Waals surface area contributed by atoms with Gasteiger partial charge >= 0.3 is 5.97 Å². The fourth-order valence-electron chi connectivity index (χ4n) is 0.161. The van der Waals surface area contributed by atoms with Crippen molar-refractivity contribution < 1.29 is 9.90 Å². The highest BCUT2D eigenvalue weighted by molar-refractivity contribution is 6.29. The average Bonchev–Trinajstić information content (AvgIpc) is 1.61. The minimum atomic E-state index is -1.04. The normalized spacial score (nSPS) is 7.25. The van der Waals surface area contributed by atoms with Gasteiger partial charge < -0.3 is 5.11 Å². The summed E-state index contributed by atoms with van der Waals surface area (Å²) in [5.74, 6) is -1.04. The van der Waals surface area contributed by atoms with Crippen molar-refractivity contribution in [1.82, 2.24) is 0 Å². The smallest absolute Gasteiger partial charge is 0.336 e. The molecule has 0 aromatic heterocycles. The SMILES string of the molecule is CC(Cl)=C=CC(=O)O. The van der Waals surface area contributed by atoms with Crippen LogP contribution in [-0.2, 0) is 4.79 Å². The van der Waals surface area contributed by atoms with Gasteiger partial charge in [0.15, 0.2) is 0 Å². The standard InChI is InChI=1S/C5H5ClO2/c1-4(6)2-3-5(7)8/h3H,1H3,(H,7,8). The summed E-state index contributed by atoms with van der Waals surface area (Å²) in [6.45, 7) is 1.56. The van der Waals surface area contributed by atoms with Gasteiger partial charge in [-0.2, -0.15) is 0 Å². The fraction of sp³-hybridized carbons (Fsp3) is 0.200. The van der Waals surface area contributed by atoms with Gasteiger partial charge in [0.1, 0.15) is 0 Å². The molecule has 0 atom stereocenters. The molecule has 0 saturated heterocycles. The maximum atomic E-state index is 9.71. The second-order valence-electron chi connectivity index (χ2n) is 1.16. The molecule has 44 valence electrons. The fourth-order valence-corrected chi connectivity index (χ4v) is 0.216. The molecule has 0 spiro atoms. The molecule has 8 heavy (non-hydrogen) atoms. The lowest BCUT2D eigenvalue weighted by molar-refractivity contribution is -0.131. The Balaban J connectivity index is 4.03. The van der Waals surface area contributed by atoms with E-state index in [9.17, 15) is 4.79 Å². The molecule has 0 saturated carbocycles. The summed E-state index contributed by atoms with van der Waals surface area (Å²) in [7, 11) is 0. The molecular formula is C5H5ClO2. The molecule has 2 nitrogen and oxygen atoms in total. The molecule has 0 aliphatic heterocycles. The van der Waals surface area contributed by atoms with Crippen molar-refractivity contribution in [2.75, 3.05) is 0 Å². The predicted octanol–water partition coefficient (Wildman–Crippen LogP) is 1.37. The Morgan fingerprint density at radius 1 is 1.88 bits per heavy atom. The van der Waals surface area contributed by atoms with Crippen LogP contribution < -0.4 is 0 Å². The van der Waals surface area contributed by atoms with E-state index < -0.39 is 5.97 Å². The summed E-state index contributed by atoms with van der Waals surface area (Å²) in [5.41, 5.74) is 2.30. The van der Waals surface area contributed by atoms with Crippen LogP contribution in [0.25, 0.3) is 0 Å². The van der Waals surface area contributed by atoms with Gasteiger partial charge in [0.25, 0.3) is 0 Å². The molecule has 0 bridgehead atoms. The van der Waals surface area contributed by atoms with Crippen LogP contribution in [0.2, 0.25) is 0 Å². The highest BCUT2D eigenvalue weighted by atomic mass is 35.5. The highest BCUT2D eigenvalue weighted by Crippen LogP contribution is 1.92. The third-order valence-electron chi connectivity index (χ3n) is 0.395. The zero-order chi connectivity index (χ0) is 6.57. The number of rotatable bonds is 1. The van der Waals surface area contributed by atoms with E-state index in [1.54, 1.807) is 6.92 Å². The van der Waals surface area contributed by atoms with Crippen molar-refractivity contribution in [1.29, 1.82) is 0 Å². The van der Waals surface area contributed by atoms with Crippen LogP contribution in [0.5, 0.6) is 0 Å². The molecule has 0 aliphatic carbocycles. The Morgan fingerprint density at radius 3 is 2.50 bits per heavy atom. The van der Waals surface area contributed by atoms with E-state index in [2.05, 4.69) is 5.73 Å². The molecule has 3 heteroatoms. The number of carboxylic acid groups (broad SMARTS) is 1. The number of aliphatic carboxylic acids is 1. The first-order valence-corrected chi connectivity index (χ1v) is 2.32. The van der Waals surface area contributed by atoms with Gasteiger partial charge in [0, 0.05) is 0 Å². The zero-order valence-electron chi connectivity index (χ0n) is 4.31. The molecule has 0 aliphatic rings.